The second kappa shape index (κ2) is 8.60. The molecule has 0 unspecified atom stereocenters. The van der Waals surface area contributed by atoms with Crippen LogP contribution in [0.1, 0.15) is 36.1 Å². The average Bonchev–Trinajstić information content (AvgIpc) is 3.38. The number of carbonyl (C=O) groups is 1. The number of benzene rings is 2. The first-order valence-corrected chi connectivity index (χ1v) is 11.5. The Morgan fingerprint density at radius 3 is 2.76 bits per heavy atom. The molecule has 4 aromatic rings. The maximum Gasteiger partial charge on any atom is 0.226 e. The summed E-state index contributed by atoms with van der Waals surface area (Å²) < 4.78 is 13.8. The van der Waals surface area contributed by atoms with E-state index in [0.717, 1.165) is 32.8 Å². The molecule has 1 aliphatic heterocycles. The third kappa shape index (κ3) is 3.92. The molecule has 1 atom stereocenters. The van der Waals surface area contributed by atoms with E-state index in [2.05, 4.69) is 11.2 Å². The van der Waals surface area contributed by atoms with Gasteiger partial charge in [0.2, 0.25) is 11.0 Å². The lowest BCUT2D eigenvalue weighted by Crippen LogP contribution is -2.24. The largest absolute Gasteiger partial charge is 0.494 e. The summed E-state index contributed by atoms with van der Waals surface area (Å²) in [5, 5.41) is 8.47. The van der Waals surface area contributed by atoms with Crippen molar-refractivity contribution in [2.75, 3.05) is 18.5 Å². The molecule has 2 aromatic heterocycles. The van der Waals surface area contributed by atoms with Gasteiger partial charge in [0.05, 0.1) is 22.5 Å². The maximum atomic E-state index is 12.7. The van der Waals surface area contributed by atoms with E-state index in [9.17, 15) is 4.79 Å². The summed E-state index contributed by atoms with van der Waals surface area (Å²) in [6.07, 6.45) is 5.61. The van der Waals surface area contributed by atoms with Crippen LogP contribution in [0.3, 0.4) is 0 Å². The molecule has 5 rings (SSSR count). The van der Waals surface area contributed by atoms with Crippen molar-refractivity contribution in [2.45, 2.75) is 26.2 Å². The second-order valence-electron chi connectivity index (χ2n) is 7.69. The Balaban J connectivity index is 1.54. The summed E-state index contributed by atoms with van der Waals surface area (Å²) in [5.41, 5.74) is 3.74. The van der Waals surface area contributed by atoms with E-state index in [4.69, 9.17) is 26.0 Å². The molecular formula is C25H22N4O3S. The highest BCUT2D eigenvalue weighted by Gasteiger charge is 2.33. The molecule has 3 heterocycles. The van der Waals surface area contributed by atoms with Crippen LogP contribution in [-0.4, -0.2) is 33.9 Å². The zero-order valence-corrected chi connectivity index (χ0v) is 19.1. The number of thiazole rings is 1. The van der Waals surface area contributed by atoms with Gasteiger partial charge in [0.1, 0.15) is 23.9 Å². The number of amides is 1. The van der Waals surface area contributed by atoms with Gasteiger partial charge in [-0.05, 0) is 49.7 Å². The van der Waals surface area contributed by atoms with Crippen molar-refractivity contribution in [3.8, 4) is 29.0 Å². The van der Waals surface area contributed by atoms with E-state index in [1.807, 2.05) is 56.3 Å². The Morgan fingerprint density at radius 2 is 2.00 bits per heavy atom. The standard InChI is InChI=1S/C25H22N4O3S/c1-4-12-32-17-8-6-16(7-9-17)19-14-22(30)27-24-23(19)15(3)28-29(24)25-26-20-11-10-18(31-5-2)13-21(20)33-25/h1,6-11,13,19H,5,12,14H2,2-3H3,(H,27,30)/t19-/m1/s1. The van der Waals surface area contributed by atoms with Crippen molar-refractivity contribution < 1.29 is 14.3 Å². The summed E-state index contributed by atoms with van der Waals surface area (Å²) in [6, 6.07) is 13.5. The monoisotopic (exact) mass is 458 g/mol. The minimum Gasteiger partial charge on any atom is -0.494 e. The van der Waals surface area contributed by atoms with Gasteiger partial charge in [0, 0.05) is 17.9 Å². The summed E-state index contributed by atoms with van der Waals surface area (Å²) in [5.74, 6) is 4.48. The van der Waals surface area contributed by atoms with E-state index in [1.54, 1.807) is 4.68 Å². The molecule has 33 heavy (non-hydrogen) atoms. The predicted molar refractivity (Wildman–Crippen MR) is 129 cm³/mol. The molecular weight excluding hydrogens is 436 g/mol. The summed E-state index contributed by atoms with van der Waals surface area (Å²) in [6.45, 7) is 4.74. The maximum absolute atomic E-state index is 12.7. The summed E-state index contributed by atoms with van der Waals surface area (Å²) >= 11 is 1.51. The smallest absolute Gasteiger partial charge is 0.226 e. The molecule has 7 nitrogen and oxygen atoms in total. The molecule has 0 saturated heterocycles. The Bertz CT molecular complexity index is 1380. The van der Waals surface area contributed by atoms with E-state index in [1.165, 1.54) is 11.3 Å². The Labute approximate surface area is 195 Å². The van der Waals surface area contributed by atoms with Crippen molar-refractivity contribution in [1.29, 1.82) is 0 Å². The number of carbonyl (C=O) groups excluding carboxylic acids is 1. The number of aromatic nitrogens is 3. The number of aryl methyl sites for hydroxylation is 1. The fourth-order valence-electron chi connectivity index (χ4n) is 4.13. The minimum atomic E-state index is -0.108. The van der Waals surface area contributed by atoms with E-state index >= 15 is 0 Å². The number of anilines is 1. The number of nitrogens with zero attached hydrogens (tertiary/aromatic N) is 3. The van der Waals surface area contributed by atoms with Crippen LogP contribution >= 0.6 is 11.3 Å². The molecule has 1 aliphatic rings. The normalized spacial score (nSPS) is 15.1. The molecule has 166 valence electrons. The Kier molecular flexibility index (Phi) is 5.48. The molecule has 0 spiro atoms. The van der Waals surface area contributed by atoms with Crippen LogP contribution in [0, 0.1) is 19.3 Å². The lowest BCUT2D eigenvalue weighted by Gasteiger charge is -2.24. The van der Waals surface area contributed by atoms with Crippen molar-refractivity contribution in [3.05, 3.63) is 59.3 Å². The van der Waals surface area contributed by atoms with Gasteiger partial charge in [0.15, 0.2) is 0 Å². The van der Waals surface area contributed by atoms with Gasteiger partial charge in [-0.3, -0.25) is 4.79 Å². The van der Waals surface area contributed by atoms with E-state index < -0.39 is 0 Å². The molecule has 0 fully saturated rings. The van der Waals surface area contributed by atoms with Gasteiger partial charge in [-0.25, -0.2) is 4.98 Å². The first kappa shape index (κ1) is 21.0. The quantitative estimate of drug-likeness (QED) is 0.425. The van der Waals surface area contributed by atoms with Crippen LogP contribution in [-0.2, 0) is 4.79 Å². The SMILES string of the molecule is C#CCOc1ccc([C@H]2CC(=O)Nc3c2c(C)nn3-c2nc3ccc(OCC)cc3s2)cc1. The number of nitrogens with one attached hydrogen (secondary N) is 1. The lowest BCUT2D eigenvalue weighted by atomic mass is 9.86. The van der Waals surface area contributed by atoms with Crippen LogP contribution in [0.4, 0.5) is 5.82 Å². The number of fused-ring (bicyclic) bond motifs is 2. The van der Waals surface area contributed by atoms with Crippen LogP contribution < -0.4 is 14.8 Å². The zero-order valence-electron chi connectivity index (χ0n) is 18.3. The minimum absolute atomic E-state index is 0.0546. The third-order valence-corrected chi connectivity index (χ3v) is 6.54. The van der Waals surface area contributed by atoms with Crippen molar-refractivity contribution in [1.82, 2.24) is 14.8 Å². The van der Waals surface area contributed by atoms with E-state index in [0.29, 0.717) is 29.7 Å². The molecule has 8 heteroatoms. The van der Waals surface area contributed by atoms with Crippen molar-refractivity contribution >= 4 is 33.3 Å². The summed E-state index contributed by atoms with van der Waals surface area (Å²) in [7, 11) is 0. The highest BCUT2D eigenvalue weighted by Crippen LogP contribution is 2.41. The molecule has 0 aliphatic carbocycles. The van der Waals surface area contributed by atoms with Gasteiger partial charge in [-0.2, -0.15) is 9.78 Å². The Hall–Kier alpha value is -3.83. The topological polar surface area (TPSA) is 78.3 Å². The van der Waals surface area contributed by atoms with Crippen molar-refractivity contribution in [3.63, 3.8) is 0 Å². The molecule has 1 amide bonds. The second-order valence-corrected chi connectivity index (χ2v) is 8.69. The van der Waals surface area contributed by atoms with Gasteiger partial charge in [0.25, 0.3) is 0 Å². The molecule has 0 radical (unpaired) electrons. The fourth-order valence-corrected chi connectivity index (χ4v) is 5.08. The highest BCUT2D eigenvalue weighted by molar-refractivity contribution is 7.20. The number of rotatable bonds is 6. The van der Waals surface area contributed by atoms with Crippen LogP contribution in [0.5, 0.6) is 11.5 Å². The van der Waals surface area contributed by atoms with E-state index in [-0.39, 0.29) is 18.4 Å². The first-order valence-electron chi connectivity index (χ1n) is 10.7. The molecule has 0 saturated carbocycles. The molecule has 0 bridgehead atoms. The number of terminal acetylenes is 1. The van der Waals surface area contributed by atoms with Crippen molar-refractivity contribution in [2.24, 2.45) is 0 Å². The molecule has 1 N–H and O–H groups in total. The number of hydrogen-bond donors (Lipinski definition) is 1. The van der Waals surface area contributed by atoms with Crippen LogP contribution in [0.15, 0.2) is 42.5 Å². The third-order valence-electron chi connectivity index (χ3n) is 5.55. The fraction of sp³-hybridized carbons (Fsp3) is 0.240. The zero-order chi connectivity index (χ0) is 22.9. The lowest BCUT2D eigenvalue weighted by molar-refractivity contribution is -0.116. The Morgan fingerprint density at radius 1 is 1.21 bits per heavy atom. The van der Waals surface area contributed by atoms with Gasteiger partial charge < -0.3 is 14.8 Å². The highest BCUT2D eigenvalue weighted by atomic mass is 32.1. The molecule has 2 aromatic carbocycles. The van der Waals surface area contributed by atoms with Gasteiger partial charge in [-0.15, -0.1) is 6.42 Å². The van der Waals surface area contributed by atoms with Crippen LogP contribution in [0.2, 0.25) is 0 Å². The van der Waals surface area contributed by atoms with Crippen LogP contribution in [0.25, 0.3) is 15.3 Å². The van der Waals surface area contributed by atoms with Gasteiger partial charge >= 0.3 is 0 Å². The summed E-state index contributed by atoms with van der Waals surface area (Å²) in [4.78, 5) is 17.4. The van der Waals surface area contributed by atoms with Gasteiger partial charge in [-0.1, -0.05) is 29.4 Å². The number of ether oxygens (including phenoxy) is 2. The predicted octanol–water partition coefficient (Wildman–Crippen LogP) is 4.68. The number of hydrogen-bond acceptors (Lipinski definition) is 6. The average molecular weight is 459 g/mol. The first-order chi connectivity index (χ1) is 16.1.